The molecule has 0 aromatic rings. The topological polar surface area (TPSA) is 84.2 Å². The fourth-order valence-corrected chi connectivity index (χ4v) is 2.14. The smallest absolute Gasteiger partial charge is 0.221 e. The highest BCUT2D eigenvalue weighted by atomic mass is 16.2. The third-order valence-corrected chi connectivity index (χ3v) is 2.69. The normalized spacial score (nSPS) is 22.4. The first-order chi connectivity index (χ1) is 7.39. The summed E-state index contributed by atoms with van der Waals surface area (Å²) in [7, 11) is 0. The maximum atomic E-state index is 11.4. The van der Waals surface area contributed by atoms with E-state index in [-0.39, 0.29) is 29.8 Å². The Hall–Kier alpha value is -1.10. The zero-order chi connectivity index (χ0) is 12.2. The Balaban J connectivity index is 2.50. The van der Waals surface area contributed by atoms with E-state index in [0.29, 0.717) is 6.42 Å². The largest absolute Gasteiger partial charge is 0.370 e. The number of rotatable bonds is 4. The molecule has 4 N–H and O–H groups in total. The van der Waals surface area contributed by atoms with Crippen LogP contribution < -0.4 is 16.4 Å². The van der Waals surface area contributed by atoms with Gasteiger partial charge in [-0.05, 0) is 26.7 Å². The van der Waals surface area contributed by atoms with Crippen LogP contribution in [-0.2, 0) is 9.59 Å². The molecule has 1 fully saturated rings. The van der Waals surface area contributed by atoms with Gasteiger partial charge in [0, 0.05) is 31.0 Å². The lowest BCUT2D eigenvalue weighted by Crippen LogP contribution is -2.48. The molecule has 0 radical (unpaired) electrons. The first-order valence-corrected chi connectivity index (χ1v) is 5.72. The Kier molecular flexibility index (Phi) is 4.29. The van der Waals surface area contributed by atoms with E-state index < -0.39 is 0 Å². The number of carbonyl (C=O) groups is 2. The van der Waals surface area contributed by atoms with E-state index in [0.717, 1.165) is 19.4 Å². The standard InChI is InChI=1S/C11H21N3O2/c1-11(2,7-9(12)15)14-8-4-3-5-13-10(16)6-8/h8,14H,3-7H2,1-2H3,(H2,12,15)(H,13,16). The van der Waals surface area contributed by atoms with Gasteiger partial charge in [0.05, 0.1) is 0 Å². The summed E-state index contributed by atoms with van der Waals surface area (Å²) in [5.74, 6) is -0.250. The van der Waals surface area contributed by atoms with Crippen molar-refractivity contribution in [3.63, 3.8) is 0 Å². The number of amides is 2. The molecular weight excluding hydrogens is 206 g/mol. The summed E-state index contributed by atoms with van der Waals surface area (Å²) in [6.45, 7) is 4.61. The van der Waals surface area contributed by atoms with Gasteiger partial charge in [-0.3, -0.25) is 9.59 Å². The third kappa shape index (κ3) is 4.61. The van der Waals surface area contributed by atoms with Crippen LogP contribution in [0.15, 0.2) is 0 Å². The van der Waals surface area contributed by atoms with Crippen LogP contribution in [0, 0.1) is 0 Å². The second-order valence-electron chi connectivity index (χ2n) is 5.06. The second-order valence-corrected chi connectivity index (χ2v) is 5.06. The molecule has 1 unspecified atom stereocenters. The Bertz CT molecular complexity index is 276. The van der Waals surface area contributed by atoms with Crippen LogP contribution in [-0.4, -0.2) is 29.9 Å². The number of hydrogen-bond acceptors (Lipinski definition) is 3. The van der Waals surface area contributed by atoms with Gasteiger partial charge in [-0.2, -0.15) is 0 Å². The maximum absolute atomic E-state index is 11.4. The van der Waals surface area contributed by atoms with Gasteiger partial charge in [-0.25, -0.2) is 0 Å². The minimum absolute atomic E-state index is 0.0740. The van der Waals surface area contributed by atoms with E-state index in [9.17, 15) is 9.59 Å². The highest BCUT2D eigenvalue weighted by Crippen LogP contribution is 2.14. The molecule has 1 aliphatic rings. The first-order valence-electron chi connectivity index (χ1n) is 5.72. The molecule has 0 aliphatic carbocycles. The predicted octanol–water partition coefficient (Wildman–Crippen LogP) is -0.101. The number of nitrogens with one attached hydrogen (secondary N) is 2. The van der Waals surface area contributed by atoms with Gasteiger partial charge in [-0.1, -0.05) is 0 Å². The van der Waals surface area contributed by atoms with Crippen molar-refractivity contribution in [1.29, 1.82) is 0 Å². The Morgan fingerprint density at radius 2 is 2.31 bits per heavy atom. The fourth-order valence-electron chi connectivity index (χ4n) is 2.14. The summed E-state index contributed by atoms with van der Waals surface area (Å²) >= 11 is 0. The van der Waals surface area contributed by atoms with Crippen molar-refractivity contribution in [1.82, 2.24) is 10.6 Å². The average molecular weight is 227 g/mol. The number of carbonyl (C=O) groups excluding carboxylic acids is 2. The molecule has 2 amide bonds. The van der Waals surface area contributed by atoms with Gasteiger partial charge in [-0.15, -0.1) is 0 Å². The van der Waals surface area contributed by atoms with Crippen LogP contribution >= 0.6 is 0 Å². The SMILES string of the molecule is CC(C)(CC(N)=O)NC1CCCNC(=O)C1. The van der Waals surface area contributed by atoms with Gasteiger partial charge < -0.3 is 16.4 Å². The Morgan fingerprint density at radius 3 is 2.94 bits per heavy atom. The molecule has 1 aliphatic heterocycles. The van der Waals surface area contributed by atoms with Crippen LogP contribution in [0.25, 0.3) is 0 Å². The summed E-state index contributed by atoms with van der Waals surface area (Å²) in [6, 6.07) is 0.136. The molecule has 5 nitrogen and oxygen atoms in total. The summed E-state index contributed by atoms with van der Waals surface area (Å²) < 4.78 is 0. The lowest BCUT2D eigenvalue weighted by atomic mass is 9.96. The van der Waals surface area contributed by atoms with Crippen molar-refractivity contribution < 1.29 is 9.59 Å². The van der Waals surface area contributed by atoms with E-state index >= 15 is 0 Å². The molecule has 5 heteroatoms. The van der Waals surface area contributed by atoms with Crippen LogP contribution in [0.1, 0.15) is 39.5 Å². The molecule has 1 saturated heterocycles. The third-order valence-electron chi connectivity index (χ3n) is 2.69. The summed E-state index contributed by atoms with van der Waals surface area (Å²) in [5, 5.41) is 6.17. The molecule has 1 rings (SSSR count). The average Bonchev–Trinajstić information content (AvgIpc) is 2.26. The molecular formula is C11H21N3O2. The van der Waals surface area contributed by atoms with Gasteiger partial charge in [0.1, 0.15) is 0 Å². The summed E-state index contributed by atoms with van der Waals surface area (Å²) in [5.41, 5.74) is 4.84. The zero-order valence-electron chi connectivity index (χ0n) is 10.0. The van der Waals surface area contributed by atoms with E-state index in [1.54, 1.807) is 0 Å². The van der Waals surface area contributed by atoms with Gasteiger partial charge >= 0.3 is 0 Å². The van der Waals surface area contributed by atoms with Crippen molar-refractivity contribution in [3.05, 3.63) is 0 Å². The summed E-state index contributed by atoms with van der Waals surface area (Å²) in [4.78, 5) is 22.3. The van der Waals surface area contributed by atoms with Crippen molar-refractivity contribution in [2.45, 2.75) is 51.1 Å². The van der Waals surface area contributed by atoms with E-state index in [2.05, 4.69) is 10.6 Å². The number of hydrogen-bond donors (Lipinski definition) is 3. The lowest BCUT2D eigenvalue weighted by Gasteiger charge is -2.30. The molecule has 16 heavy (non-hydrogen) atoms. The monoisotopic (exact) mass is 227 g/mol. The highest BCUT2D eigenvalue weighted by Gasteiger charge is 2.26. The molecule has 1 atom stereocenters. The predicted molar refractivity (Wildman–Crippen MR) is 61.7 cm³/mol. The minimum Gasteiger partial charge on any atom is -0.370 e. The molecule has 0 spiro atoms. The van der Waals surface area contributed by atoms with Crippen molar-refractivity contribution >= 4 is 11.8 Å². The quantitative estimate of drug-likeness (QED) is 0.627. The minimum atomic E-state index is -0.346. The van der Waals surface area contributed by atoms with Crippen molar-refractivity contribution in [2.24, 2.45) is 5.73 Å². The van der Waals surface area contributed by atoms with Crippen molar-refractivity contribution in [3.8, 4) is 0 Å². The van der Waals surface area contributed by atoms with Crippen LogP contribution in [0.3, 0.4) is 0 Å². The molecule has 0 aromatic heterocycles. The van der Waals surface area contributed by atoms with Crippen molar-refractivity contribution in [2.75, 3.05) is 6.54 Å². The summed E-state index contributed by atoms with van der Waals surface area (Å²) in [6.07, 6.45) is 2.67. The molecule has 1 heterocycles. The van der Waals surface area contributed by atoms with Gasteiger partial charge in [0.25, 0.3) is 0 Å². The fraction of sp³-hybridized carbons (Fsp3) is 0.818. The van der Waals surface area contributed by atoms with E-state index in [4.69, 9.17) is 5.73 Å². The second kappa shape index (κ2) is 5.30. The molecule has 92 valence electrons. The number of nitrogens with two attached hydrogens (primary N) is 1. The Morgan fingerprint density at radius 1 is 1.62 bits per heavy atom. The molecule has 0 saturated carbocycles. The van der Waals surface area contributed by atoms with Gasteiger partial charge in [0.15, 0.2) is 0 Å². The van der Waals surface area contributed by atoms with Crippen LogP contribution in [0.4, 0.5) is 0 Å². The number of primary amides is 1. The first kappa shape index (κ1) is 13.0. The molecule has 0 bridgehead atoms. The van der Waals surface area contributed by atoms with E-state index in [1.165, 1.54) is 0 Å². The zero-order valence-corrected chi connectivity index (χ0v) is 10.0. The van der Waals surface area contributed by atoms with Gasteiger partial charge in [0.2, 0.25) is 11.8 Å². The van der Waals surface area contributed by atoms with Crippen LogP contribution in [0.5, 0.6) is 0 Å². The lowest BCUT2D eigenvalue weighted by molar-refractivity contribution is -0.121. The Labute approximate surface area is 96.1 Å². The molecule has 0 aromatic carbocycles. The van der Waals surface area contributed by atoms with E-state index in [1.807, 2.05) is 13.8 Å². The highest BCUT2D eigenvalue weighted by molar-refractivity contribution is 5.77. The van der Waals surface area contributed by atoms with Crippen LogP contribution in [0.2, 0.25) is 0 Å². The maximum Gasteiger partial charge on any atom is 0.221 e.